The molecule has 41 heavy (non-hydrogen) atoms. The number of hydrazone groups is 1. The predicted octanol–water partition coefficient (Wildman–Crippen LogP) is 7.77. The van der Waals surface area contributed by atoms with Crippen molar-refractivity contribution in [3.8, 4) is 11.3 Å². The van der Waals surface area contributed by atoms with Crippen LogP contribution in [0.25, 0.3) is 22.2 Å². The van der Waals surface area contributed by atoms with Crippen LogP contribution in [-0.4, -0.2) is 21.7 Å². The number of halogens is 1. The summed E-state index contributed by atoms with van der Waals surface area (Å²) in [5.41, 5.74) is 9.97. The van der Waals surface area contributed by atoms with Gasteiger partial charge < -0.3 is 9.88 Å². The largest absolute Gasteiger partial charge is 0.342 e. The number of amides is 1. The van der Waals surface area contributed by atoms with Gasteiger partial charge in [0.2, 0.25) is 0 Å². The molecule has 6 rings (SSSR count). The van der Waals surface area contributed by atoms with E-state index in [2.05, 4.69) is 44.5 Å². The molecule has 0 fully saturated rings. The molecule has 0 spiro atoms. The number of fused-ring (bicyclic) bond motifs is 1. The third kappa shape index (κ3) is 6.08. The maximum Gasteiger partial charge on any atom is 0.271 e. The molecular formula is C33H26FN5OS. The second kappa shape index (κ2) is 11.6. The lowest BCUT2D eigenvalue weighted by Gasteiger charge is -2.05. The molecule has 6 nitrogen and oxygen atoms in total. The van der Waals surface area contributed by atoms with Gasteiger partial charge in [-0.3, -0.25) is 4.79 Å². The molecule has 0 aliphatic rings. The van der Waals surface area contributed by atoms with Crippen molar-refractivity contribution < 1.29 is 9.18 Å². The molecule has 1 amide bonds. The van der Waals surface area contributed by atoms with Crippen LogP contribution in [0.2, 0.25) is 0 Å². The van der Waals surface area contributed by atoms with Crippen LogP contribution in [0.5, 0.6) is 0 Å². The first-order chi connectivity index (χ1) is 20.0. The van der Waals surface area contributed by atoms with Gasteiger partial charge in [0.05, 0.1) is 11.9 Å². The Morgan fingerprint density at radius 1 is 0.976 bits per heavy atom. The highest BCUT2D eigenvalue weighted by Gasteiger charge is 2.10. The summed E-state index contributed by atoms with van der Waals surface area (Å²) in [7, 11) is 0. The van der Waals surface area contributed by atoms with E-state index in [0.29, 0.717) is 12.1 Å². The van der Waals surface area contributed by atoms with Crippen molar-refractivity contribution in [1.29, 1.82) is 0 Å². The Bertz CT molecular complexity index is 1840. The first-order valence-electron chi connectivity index (χ1n) is 13.1. The third-order valence-electron chi connectivity index (χ3n) is 6.71. The SMILES string of the molecule is Cc1ccc(Nc2nc(-c3ccc(C(=O)N/N=C\c4cn(Cc5ccc(F)cc5)c5ccccc45)cc3)cs2)cc1. The number of carbonyl (C=O) groups excluding carboxylic acids is 1. The minimum atomic E-state index is -0.303. The van der Waals surface area contributed by atoms with Crippen molar-refractivity contribution in [2.45, 2.75) is 13.5 Å². The number of hydrogen-bond acceptors (Lipinski definition) is 5. The van der Waals surface area contributed by atoms with E-state index in [-0.39, 0.29) is 11.7 Å². The molecule has 8 heteroatoms. The van der Waals surface area contributed by atoms with Crippen molar-refractivity contribution >= 4 is 45.2 Å². The lowest BCUT2D eigenvalue weighted by Crippen LogP contribution is -2.17. The van der Waals surface area contributed by atoms with Crippen LogP contribution in [0.1, 0.15) is 27.0 Å². The van der Waals surface area contributed by atoms with Crippen LogP contribution in [0.15, 0.2) is 114 Å². The summed E-state index contributed by atoms with van der Waals surface area (Å²) in [6.45, 7) is 2.65. The molecule has 6 aromatic rings. The molecule has 0 unspecified atom stereocenters. The minimum absolute atomic E-state index is 0.257. The Balaban J connectivity index is 1.11. The lowest BCUT2D eigenvalue weighted by molar-refractivity contribution is 0.0955. The number of nitrogens with zero attached hydrogens (tertiary/aromatic N) is 3. The summed E-state index contributed by atoms with van der Waals surface area (Å²) in [4.78, 5) is 17.4. The highest BCUT2D eigenvalue weighted by molar-refractivity contribution is 7.14. The van der Waals surface area contributed by atoms with Crippen LogP contribution in [-0.2, 0) is 6.54 Å². The minimum Gasteiger partial charge on any atom is -0.342 e. The summed E-state index contributed by atoms with van der Waals surface area (Å²) in [6.07, 6.45) is 3.63. The van der Waals surface area contributed by atoms with E-state index in [1.165, 1.54) is 29.0 Å². The zero-order valence-electron chi connectivity index (χ0n) is 22.2. The zero-order chi connectivity index (χ0) is 28.2. The Morgan fingerprint density at radius 3 is 2.51 bits per heavy atom. The number of benzene rings is 4. The number of aryl methyl sites for hydroxylation is 1. The molecule has 0 saturated heterocycles. The van der Waals surface area contributed by atoms with Gasteiger partial charge in [-0.2, -0.15) is 5.10 Å². The van der Waals surface area contributed by atoms with Crippen molar-refractivity contribution in [2.75, 3.05) is 5.32 Å². The number of hydrogen-bond donors (Lipinski definition) is 2. The number of rotatable bonds is 8. The van der Waals surface area contributed by atoms with Crippen LogP contribution in [0, 0.1) is 12.7 Å². The van der Waals surface area contributed by atoms with Gasteiger partial charge in [-0.05, 0) is 55.0 Å². The van der Waals surface area contributed by atoms with E-state index < -0.39 is 0 Å². The van der Waals surface area contributed by atoms with Crippen LogP contribution in [0.4, 0.5) is 15.2 Å². The second-order valence-electron chi connectivity index (χ2n) is 9.66. The second-order valence-corrected chi connectivity index (χ2v) is 10.5. The van der Waals surface area contributed by atoms with Crippen molar-refractivity contribution in [3.63, 3.8) is 0 Å². The zero-order valence-corrected chi connectivity index (χ0v) is 23.0. The fourth-order valence-corrected chi connectivity index (χ4v) is 5.28. The van der Waals surface area contributed by atoms with Crippen molar-refractivity contribution in [3.05, 3.63) is 137 Å². The number of anilines is 2. The fraction of sp³-hybridized carbons (Fsp3) is 0.0606. The molecular weight excluding hydrogens is 533 g/mol. The van der Waals surface area contributed by atoms with Gasteiger partial charge in [0.25, 0.3) is 5.91 Å². The van der Waals surface area contributed by atoms with Crippen LogP contribution >= 0.6 is 11.3 Å². The smallest absolute Gasteiger partial charge is 0.271 e. The molecule has 2 heterocycles. The number of carbonyl (C=O) groups is 1. The summed E-state index contributed by atoms with van der Waals surface area (Å²) in [5, 5.41) is 11.4. The van der Waals surface area contributed by atoms with Crippen molar-refractivity contribution in [1.82, 2.24) is 15.0 Å². The maximum atomic E-state index is 13.3. The van der Waals surface area contributed by atoms with Gasteiger partial charge in [0.15, 0.2) is 5.13 Å². The summed E-state index contributed by atoms with van der Waals surface area (Å²) in [5.74, 6) is -0.560. The Labute approximate surface area is 240 Å². The van der Waals surface area contributed by atoms with E-state index in [1.807, 2.05) is 60.1 Å². The van der Waals surface area contributed by atoms with Gasteiger partial charge >= 0.3 is 0 Å². The van der Waals surface area contributed by atoms with Gasteiger partial charge in [-0.15, -0.1) is 11.3 Å². The van der Waals surface area contributed by atoms with E-state index >= 15 is 0 Å². The third-order valence-corrected chi connectivity index (χ3v) is 7.46. The van der Waals surface area contributed by atoms with Crippen molar-refractivity contribution in [2.24, 2.45) is 5.10 Å². The number of nitrogens with one attached hydrogen (secondary N) is 2. The number of aromatic nitrogens is 2. The topological polar surface area (TPSA) is 71.3 Å². The van der Waals surface area contributed by atoms with Crippen LogP contribution in [0.3, 0.4) is 0 Å². The standard InChI is InChI=1S/C33H26FN5OS/c1-22-6-16-28(17-7-22)36-33-37-30(21-41-33)24-10-12-25(13-11-24)32(40)38-35-18-26-20-39(31-5-3-2-4-29(26)31)19-23-8-14-27(34)15-9-23/h2-18,20-21H,19H2,1H3,(H,36,37)(H,38,40)/b35-18-. The molecule has 0 atom stereocenters. The Hall–Kier alpha value is -5.08. The molecule has 2 aromatic heterocycles. The monoisotopic (exact) mass is 559 g/mol. The van der Waals surface area contributed by atoms with Gasteiger partial charge in [0.1, 0.15) is 5.82 Å². The molecule has 0 aliphatic heterocycles. The average molecular weight is 560 g/mol. The lowest BCUT2D eigenvalue weighted by atomic mass is 10.1. The summed E-state index contributed by atoms with van der Waals surface area (Å²) < 4.78 is 15.4. The number of para-hydroxylation sites is 1. The molecule has 0 radical (unpaired) electrons. The fourth-order valence-electron chi connectivity index (χ4n) is 4.54. The van der Waals surface area contributed by atoms with Gasteiger partial charge in [-0.25, -0.2) is 14.8 Å². The normalized spacial score (nSPS) is 11.3. The molecule has 202 valence electrons. The molecule has 0 saturated carbocycles. The van der Waals surface area contributed by atoms with E-state index in [9.17, 15) is 9.18 Å². The molecule has 2 N–H and O–H groups in total. The van der Waals surface area contributed by atoms with Gasteiger partial charge in [-0.1, -0.05) is 60.2 Å². The van der Waals surface area contributed by atoms with Crippen LogP contribution < -0.4 is 10.7 Å². The summed E-state index contributed by atoms with van der Waals surface area (Å²) >= 11 is 1.53. The molecule has 0 aliphatic carbocycles. The Morgan fingerprint density at radius 2 is 1.73 bits per heavy atom. The highest BCUT2D eigenvalue weighted by atomic mass is 32.1. The Kier molecular flexibility index (Phi) is 7.38. The maximum absolute atomic E-state index is 13.3. The molecule has 0 bridgehead atoms. The molecule has 4 aromatic carbocycles. The predicted molar refractivity (Wildman–Crippen MR) is 165 cm³/mol. The van der Waals surface area contributed by atoms with E-state index in [1.54, 1.807) is 30.5 Å². The first-order valence-corrected chi connectivity index (χ1v) is 14.0. The van der Waals surface area contributed by atoms with E-state index in [0.717, 1.165) is 44.1 Å². The highest BCUT2D eigenvalue weighted by Crippen LogP contribution is 2.27. The van der Waals surface area contributed by atoms with E-state index in [4.69, 9.17) is 0 Å². The summed E-state index contributed by atoms with van der Waals surface area (Å²) in [6, 6.07) is 29.9. The van der Waals surface area contributed by atoms with Gasteiger partial charge in [0, 0.05) is 51.4 Å². The number of thiazole rings is 1. The first kappa shape index (κ1) is 26.2. The average Bonchev–Trinajstić information content (AvgIpc) is 3.60. The quantitative estimate of drug-likeness (QED) is 0.148.